The molecule has 2 atom stereocenters. The van der Waals surface area contributed by atoms with E-state index in [9.17, 15) is 14.4 Å². The van der Waals surface area contributed by atoms with E-state index in [0.717, 1.165) is 6.20 Å². The van der Waals surface area contributed by atoms with Crippen molar-refractivity contribution >= 4 is 35.0 Å². The average Bonchev–Trinajstić information content (AvgIpc) is 2.78. The van der Waals surface area contributed by atoms with Gasteiger partial charge in [0.25, 0.3) is 5.91 Å². The summed E-state index contributed by atoms with van der Waals surface area (Å²) >= 11 is 6.71. The number of carbonyl (C=O) groups is 3. The first kappa shape index (κ1) is 25.8. The summed E-state index contributed by atoms with van der Waals surface area (Å²) in [7, 11) is 1.45. The molecule has 3 amide bonds. The Morgan fingerprint density at radius 1 is 1.32 bits per heavy atom. The normalized spacial score (nSPS) is 23.6. The molecule has 2 heterocycles. The van der Waals surface area contributed by atoms with E-state index < -0.39 is 11.3 Å². The minimum absolute atomic E-state index is 0.0102. The number of piperidine rings is 1. The molecule has 1 aromatic rings. The number of imide groups is 1. The Hall–Kier alpha value is -2.84. The van der Waals surface area contributed by atoms with E-state index in [1.165, 1.54) is 12.0 Å². The van der Waals surface area contributed by atoms with Crippen molar-refractivity contribution in [1.82, 2.24) is 4.90 Å². The average molecular weight is 490 g/mol. The fourth-order valence-electron chi connectivity index (χ4n) is 4.78. The minimum atomic E-state index is -0.799. The van der Waals surface area contributed by atoms with Crippen molar-refractivity contribution < 1.29 is 23.9 Å². The molecule has 0 radical (unpaired) electrons. The molecule has 2 aliphatic heterocycles. The molecular weight excluding hydrogens is 458 g/mol. The predicted molar refractivity (Wildman–Crippen MR) is 130 cm³/mol. The van der Waals surface area contributed by atoms with Gasteiger partial charge in [0.05, 0.1) is 29.5 Å². The van der Waals surface area contributed by atoms with Gasteiger partial charge in [-0.15, -0.1) is 0 Å². The number of rotatable bonds is 6. The topological polar surface area (TPSA) is 111 Å². The van der Waals surface area contributed by atoms with Crippen molar-refractivity contribution in [2.24, 2.45) is 5.73 Å². The van der Waals surface area contributed by atoms with Crippen molar-refractivity contribution in [3.05, 3.63) is 52.4 Å². The van der Waals surface area contributed by atoms with Crippen LogP contribution in [0.2, 0.25) is 5.02 Å². The Bertz CT molecular complexity index is 1020. The third kappa shape index (κ3) is 5.13. The van der Waals surface area contributed by atoms with Crippen LogP contribution < -0.4 is 11.1 Å². The summed E-state index contributed by atoms with van der Waals surface area (Å²) in [6, 6.07) is 5.04. The lowest BCUT2D eigenvalue weighted by molar-refractivity contribution is -0.156. The summed E-state index contributed by atoms with van der Waals surface area (Å²) in [5, 5.41) is 3.04. The lowest BCUT2D eigenvalue weighted by Crippen LogP contribution is -2.55. The number of nitrogens with two attached hydrogens (primary N) is 1. The molecule has 9 heteroatoms. The van der Waals surface area contributed by atoms with Crippen LogP contribution in [0.15, 0.2) is 41.8 Å². The van der Waals surface area contributed by atoms with E-state index in [2.05, 4.69) is 5.32 Å². The lowest BCUT2D eigenvalue weighted by Gasteiger charge is -2.43. The van der Waals surface area contributed by atoms with Crippen molar-refractivity contribution in [3.63, 3.8) is 0 Å². The smallest absolute Gasteiger partial charge is 0.260 e. The van der Waals surface area contributed by atoms with E-state index in [4.69, 9.17) is 26.8 Å². The van der Waals surface area contributed by atoms with E-state index in [0.29, 0.717) is 36.5 Å². The van der Waals surface area contributed by atoms with Gasteiger partial charge >= 0.3 is 0 Å². The molecule has 2 aliphatic rings. The summed E-state index contributed by atoms with van der Waals surface area (Å²) in [5.41, 5.74) is 5.98. The van der Waals surface area contributed by atoms with Gasteiger partial charge in [-0.1, -0.05) is 30.7 Å². The first-order valence-electron chi connectivity index (χ1n) is 11.3. The van der Waals surface area contributed by atoms with E-state index in [1.54, 1.807) is 31.2 Å². The zero-order valence-electron chi connectivity index (χ0n) is 20.0. The Balaban J connectivity index is 1.84. The van der Waals surface area contributed by atoms with Crippen LogP contribution >= 0.6 is 11.6 Å². The first-order valence-corrected chi connectivity index (χ1v) is 11.7. The zero-order chi connectivity index (χ0) is 25.0. The van der Waals surface area contributed by atoms with Crippen molar-refractivity contribution in [2.45, 2.75) is 64.0 Å². The fourth-order valence-corrected chi connectivity index (χ4v) is 5.18. The molecule has 1 aromatic carbocycles. The molecule has 184 valence electrons. The number of carbonyl (C=O) groups excluding carboxylic acids is 3. The number of nitrogens with one attached hydrogen (secondary N) is 1. The van der Waals surface area contributed by atoms with Gasteiger partial charge in [-0.05, 0) is 44.4 Å². The molecule has 0 aliphatic carbocycles. The molecule has 0 unspecified atom stereocenters. The summed E-state index contributed by atoms with van der Waals surface area (Å²) in [5.74, 6) is -0.591. The van der Waals surface area contributed by atoms with Crippen LogP contribution in [0, 0.1) is 0 Å². The van der Waals surface area contributed by atoms with Crippen LogP contribution in [0.25, 0.3) is 0 Å². The highest BCUT2D eigenvalue weighted by Gasteiger charge is 2.45. The van der Waals surface area contributed by atoms with Gasteiger partial charge in [-0.2, -0.15) is 0 Å². The number of methoxy groups -OCH3 is 1. The highest BCUT2D eigenvalue weighted by molar-refractivity contribution is 6.35. The Kier molecular flexibility index (Phi) is 8.05. The molecule has 3 N–H and O–H groups in total. The number of halogens is 1. The third-order valence-electron chi connectivity index (χ3n) is 6.50. The largest absolute Gasteiger partial charge is 0.496 e. The molecule has 0 spiro atoms. The highest BCUT2D eigenvalue weighted by atomic mass is 35.5. The van der Waals surface area contributed by atoms with E-state index >= 15 is 0 Å². The van der Waals surface area contributed by atoms with Crippen molar-refractivity contribution in [1.29, 1.82) is 0 Å². The molecule has 34 heavy (non-hydrogen) atoms. The SMILES string of the molecule is C/C=C(OC)\C(=C/N)C(=O)Nc1cccc(C2(C)CC(=O)N([C@@H]3CCO[C@H](C)C3)C(=O)C2)c1Cl. The second-order valence-electron chi connectivity index (χ2n) is 8.99. The second-order valence-corrected chi connectivity index (χ2v) is 9.37. The van der Waals surface area contributed by atoms with Crippen LogP contribution in [0.5, 0.6) is 0 Å². The molecule has 0 saturated carbocycles. The van der Waals surface area contributed by atoms with Gasteiger partial charge < -0.3 is 20.5 Å². The van der Waals surface area contributed by atoms with Gasteiger partial charge in [-0.3, -0.25) is 19.3 Å². The van der Waals surface area contributed by atoms with E-state index in [-0.39, 0.29) is 47.4 Å². The molecule has 2 saturated heterocycles. The Labute approximate surface area is 205 Å². The summed E-state index contributed by atoms with van der Waals surface area (Å²) < 4.78 is 10.8. The number of amides is 3. The summed E-state index contributed by atoms with van der Waals surface area (Å²) in [6.07, 6.45) is 4.37. The third-order valence-corrected chi connectivity index (χ3v) is 6.91. The molecule has 0 bridgehead atoms. The number of hydrogen-bond donors (Lipinski definition) is 2. The van der Waals surface area contributed by atoms with Crippen LogP contribution in [0.3, 0.4) is 0 Å². The molecule has 8 nitrogen and oxygen atoms in total. The van der Waals surface area contributed by atoms with Crippen molar-refractivity contribution in [2.75, 3.05) is 19.0 Å². The van der Waals surface area contributed by atoms with Gasteiger partial charge in [-0.25, -0.2) is 0 Å². The monoisotopic (exact) mass is 489 g/mol. The highest BCUT2D eigenvalue weighted by Crippen LogP contribution is 2.43. The van der Waals surface area contributed by atoms with Gasteiger partial charge in [0, 0.05) is 37.1 Å². The minimum Gasteiger partial charge on any atom is -0.496 e. The number of likely N-dealkylation sites (tertiary alicyclic amines) is 1. The quantitative estimate of drug-likeness (QED) is 0.273. The van der Waals surface area contributed by atoms with Gasteiger partial charge in [0.1, 0.15) is 5.76 Å². The molecule has 2 fully saturated rings. The maximum atomic E-state index is 13.2. The molecule has 0 aromatic heterocycles. The number of nitrogens with zero attached hydrogens (tertiary/aromatic N) is 1. The lowest BCUT2D eigenvalue weighted by atomic mass is 9.73. The standard InChI is InChI=1S/C25H32ClN3O5/c1-5-20(33-4)17(14-27)24(32)28-19-8-6-7-18(23(19)26)25(3)12-21(30)29(22(31)13-25)16-9-10-34-15(2)11-16/h5-8,14-16H,9-13,27H2,1-4H3,(H,28,32)/b17-14+,20-5+/t15-,16-/m1/s1. The van der Waals surface area contributed by atoms with E-state index in [1.807, 2.05) is 13.8 Å². The maximum absolute atomic E-state index is 13.2. The van der Waals surface area contributed by atoms with Gasteiger partial charge in [0.2, 0.25) is 11.8 Å². The maximum Gasteiger partial charge on any atom is 0.260 e. The van der Waals surface area contributed by atoms with Crippen molar-refractivity contribution in [3.8, 4) is 0 Å². The summed E-state index contributed by atoms with van der Waals surface area (Å²) in [4.78, 5) is 40.5. The molecular formula is C25H32ClN3O5. The van der Waals surface area contributed by atoms with Crippen LogP contribution in [-0.4, -0.2) is 48.5 Å². The Morgan fingerprint density at radius 3 is 2.56 bits per heavy atom. The summed E-state index contributed by atoms with van der Waals surface area (Å²) in [6.45, 7) is 6.07. The van der Waals surface area contributed by atoms with Crippen LogP contribution in [-0.2, 0) is 29.3 Å². The van der Waals surface area contributed by atoms with Gasteiger partial charge in [0.15, 0.2) is 0 Å². The predicted octanol–water partition coefficient (Wildman–Crippen LogP) is 3.65. The number of ether oxygens (including phenoxy) is 2. The number of allylic oxidation sites excluding steroid dienone is 1. The number of anilines is 1. The Morgan fingerprint density at radius 2 is 2.00 bits per heavy atom. The number of benzene rings is 1. The first-order chi connectivity index (χ1) is 16.1. The van der Waals surface area contributed by atoms with Crippen LogP contribution in [0.4, 0.5) is 5.69 Å². The molecule has 3 rings (SSSR count). The van der Waals surface area contributed by atoms with Crippen LogP contribution in [0.1, 0.15) is 52.0 Å². The zero-order valence-corrected chi connectivity index (χ0v) is 20.8. The fraction of sp³-hybridized carbons (Fsp3) is 0.480. The second kappa shape index (κ2) is 10.6. The number of hydrogen-bond acceptors (Lipinski definition) is 6.